The summed E-state index contributed by atoms with van der Waals surface area (Å²) in [4.78, 5) is 0. The summed E-state index contributed by atoms with van der Waals surface area (Å²) < 4.78 is 23.1. The average Bonchev–Trinajstić information content (AvgIpc) is 2.25. The molecule has 2 unspecified atom stereocenters. The molecule has 0 bridgehead atoms. The van der Waals surface area contributed by atoms with Crippen LogP contribution in [0.5, 0.6) is 0 Å². The van der Waals surface area contributed by atoms with Gasteiger partial charge in [0.2, 0.25) is 0 Å². The molecule has 76 valence electrons. The van der Waals surface area contributed by atoms with Crippen molar-refractivity contribution >= 4 is 29.5 Å². The Morgan fingerprint density at radius 1 is 0.846 bits per heavy atom. The van der Waals surface area contributed by atoms with Crippen LogP contribution in [-0.2, 0) is 19.7 Å². The zero-order valence-corrected chi connectivity index (χ0v) is 9.89. The minimum atomic E-state index is -0.872. The molecule has 0 aromatic heterocycles. The van der Waals surface area contributed by atoms with Crippen LogP contribution in [0.1, 0.15) is 38.5 Å². The monoisotopic (exact) mass is 238 g/mol. The van der Waals surface area contributed by atoms with Crippen LogP contribution in [0.3, 0.4) is 0 Å². The van der Waals surface area contributed by atoms with Gasteiger partial charge >= 0.3 is 0 Å². The Morgan fingerprint density at radius 2 is 1.31 bits per heavy atom. The van der Waals surface area contributed by atoms with Gasteiger partial charge in [-0.1, -0.05) is 25.7 Å². The Bertz CT molecular complexity index is 218. The predicted molar refractivity (Wildman–Crippen MR) is 59.2 cm³/mol. The largest absolute Gasteiger partial charge is 0.247 e. The number of fused-ring (bicyclic) bond motifs is 1. The smallest absolute Gasteiger partial charge is 0.0979 e. The summed E-state index contributed by atoms with van der Waals surface area (Å²) in [7, 11) is -0.555. The molecule has 0 spiro atoms. The maximum atomic E-state index is 11.6. The molecule has 1 saturated carbocycles. The summed E-state index contributed by atoms with van der Waals surface area (Å²) in [6.07, 6.45) is 6.91. The molecule has 13 heavy (non-hydrogen) atoms. The average molecular weight is 238 g/mol. The lowest BCUT2D eigenvalue weighted by atomic mass is 10.0. The molecule has 2 fully saturated rings. The van der Waals surface area contributed by atoms with E-state index in [1.54, 1.807) is 0 Å². The van der Waals surface area contributed by atoms with E-state index in [1.807, 2.05) is 0 Å². The quantitative estimate of drug-likeness (QED) is 0.606. The molecule has 0 aromatic carbocycles. The number of hydrogen-bond donors (Lipinski definition) is 0. The van der Waals surface area contributed by atoms with Crippen LogP contribution in [0.2, 0.25) is 0 Å². The van der Waals surface area contributed by atoms with Gasteiger partial charge in [-0.05, 0) is 12.8 Å². The standard InChI is InChI=1S/C8H14O2S3/c9-12-7-5-3-1-2-4-6-8(7)13(10)11-12/h7-8H,1-6H2/t7-,8-,12?,13?/m0/s1. The SMILES string of the molecule is O=S1SS(=O)[C@H]2CCCCCC[C@@H]21. The number of hydrogen-bond acceptors (Lipinski definition) is 3. The van der Waals surface area contributed by atoms with E-state index >= 15 is 0 Å². The molecule has 0 aromatic rings. The summed E-state index contributed by atoms with van der Waals surface area (Å²) in [5, 5.41) is 0.456. The number of rotatable bonds is 0. The lowest BCUT2D eigenvalue weighted by Gasteiger charge is -2.18. The van der Waals surface area contributed by atoms with E-state index in [9.17, 15) is 8.42 Å². The highest BCUT2D eigenvalue weighted by Gasteiger charge is 2.40. The normalized spacial score (nSPS) is 46.5. The second kappa shape index (κ2) is 4.45. The van der Waals surface area contributed by atoms with Crippen molar-refractivity contribution in [2.75, 3.05) is 0 Å². The van der Waals surface area contributed by atoms with Crippen molar-refractivity contribution in [3.8, 4) is 0 Å². The molecule has 4 atom stereocenters. The van der Waals surface area contributed by atoms with Gasteiger partial charge in [0.1, 0.15) is 0 Å². The first-order valence-electron chi connectivity index (χ1n) is 4.79. The Balaban J connectivity index is 2.11. The summed E-state index contributed by atoms with van der Waals surface area (Å²) in [6, 6.07) is 0. The molecule has 2 aliphatic rings. The van der Waals surface area contributed by atoms with Gasteiger partial charge < -0.3 is 0 Å². The van der Waals surface area contributed by atoms with Crippen LogP contribution in [0.25, 0.3) is 0 Å². The molecule has 0 amide bonds. The summed E-state index contributed by atoms with van der Waals surface area (Å²) in [6.45, 7) is 0. The van der Waals surface area contributed by atoms with Crippen molar-refractivity contribution in [3.05, 3.63) is 0 Å². The minimum absolute atomic E-state index is 0.228. The van der Waals surface area contributed by atoms with E-state index in [0.717, 1.165) is 12.8 Å². The van der Waals surface area contributed by atoms with Crippen LogP contribution in [0, 0.1) is 0 Å². The fourth-order valence-electron chi connectivity index (χ4n) is 2.02. The van der Waals surface area contributed by atoms with Crippen LogP contribution in [0.15, 0.2) is 0 Å². The van der Waals surface area contributed by atoms with Gasteiger partial charge in [-0.25, -0.2) is 8.42 Å². The molecule has 1 saturated heterocycles. The van der Waals surface area contributed by atoms with Gasteiger partial charge in [-0.2, -0.15) is 0 Å². The van der Waals surface area contributed by atoms with Crippen LogP contribution >= 0.6 is 9.83 Å². The lowest BCUT2D eigenvalue weighted by Crippen LogP contribution is -2.26. The summed E-state index contributed by atoms with van der Waals surface area (Å²) in [5.41, 5.74) is 0. The molecule has 1 aliphatic heterocycles. The predicted octanol–water partition coefficient (Wildman–Crippen LogP) is 2.15. The second-order valence-corrected chi connectivity index (χ2v) is 9.65. The zero-order valence-electron chi connectivity index (χ0n) is 7.44. The van der Waals surface area contributed by atoms with E-state index in [1.165, 1.54) is 35.5 Å². The first kappa shape index (κ1) is 10.2. The van der Waals surface area contributed by atoms with Crippen molar-refractivity contribution in [1.29, 1.82) is 0 Å². The molecule has 5 heteroatoms. The van der Waals surface area contributed by atoms with Crippen molar-refractivity contribution < 1.29 is 8.42 Å². The van der Waals surface area contributed by atoms with E-state index in [2.05, 4.69) is 0 Å². The summed E-state index contributed by atoms with van der Waals surface area (Å²) in [5.74, 6) is 0. The first-order chi connectivity index (χ1) is 6.29. The molecule has 0 N–H and O–H groups in total. The third kappa shape index (κ3) is 2.18. The van der Waals surface area contributed by atoms with Crippen LogP contribution in [0.4, 0.5) is 0 Å². The van der Waals surface area contributed by atoms with Gasteiger partial charge in [0.25, 0.3) is 0 Å². The third-order valence-corrected chi connectivity index (χ3v) is 10.0. The third-order valence-electron chi connectivity index (χ3n) is 2.77. The fraction of sp³-hybridized carbons (Fsp3) is 1.00. The highest BCUT2D eigenvalue weighted by atomic mass is 33.5. The van der Waals surface area contributed by atoms with E-state index in [-0.39, 0.29) is 10.5 Å². The van der Waals surface area contributed by atoms with Crippen molar-refractivity contribution in [3.63, 3.8) is 0 Å². The molecular weight excluding hydrogens is 224 g/mol. The van der Waals surface area contributed by atoms with Gasteiger partial charge in [-0.3, -0.25) is 0 Å². The maximum Gasteiger partial charge on any atom is 0.0979 e. The summed E-state index contributed by atoms with van der Waals surface area (Å²) >= 11 is 0. The molecule has 2 nitrogen and oxygen atoms in total. The topological polar surface area (TPSA) is 34.1 Å². The Morgan fingerprint density at radius 3 is 1.77 bits per heavy atom. The lowest BCUT2D eigenvalue weighted by molar-refractivity contribution is 0.511. The van der Waals surface area contributed by atoms with Crippen molar-refractivity contribution in [1.82, 2.24) is 0 Å². The zero-order chi connectivity index (χ0) is 9.26. The molecule has 1 heterocycles. The molecule has 2 rings (SSSR count). The highest BCUT2D eigenvalue weighted by Crippen LogP contribution is 2.39. The van der Waals surface area contributed by atoms with Gasteiger partial charge in [0.15, 0.2) is 0 Å². The van der Waals surface area contributed by atoms with E-state index in [4.69, 9.17) is 0 Å². The fourth-order valence-corrected chi connectivity index (χ4v) is 10.3. The highest BCUT2D eigenvalue weighted by molar-refractivity contribution is 9.02. The Kier molecular flexibility index (Phi) is 3.48. The van der Waals surface area contributed by atoms with Crippen LogP contribution in [-0.4, -0.2) is 18.9 Å². The molecule has 1 aliphatic carbocycles. The molecule has 0 radical (unpaired) electrons. The first-order valence-corrected chi connectivity index (χ1v) is 9.06. The minimum Gasteiger partial charge on any atom is -0.247 e. The van der Waals surface area contributed by atoms with Gasteiger partial charge in [-0.15, -0.1) is 0 Å². The van der Waals surface area contributed by atoms with E-state index in [0.29, 0.717) is 0 Å². The van der Waals surface area contributed by atoms with Crippen LogP contribution < -0.4 is 0 Å². The molecular formula is C8H14O2S3. The second-order valence-electron chi connectivity index (χ2n) is 3.66. The van der Waals surface area contributed by atoms with E-state index < -0.39 is 19.7 Å². The Hall–Kier alpha value is 0.650. The van der Waals surface area contributed by atoms with Crippen molar-refractivity contribution in [2.24, 2.45) is 0 Å². The van der Waals surface area contributed by atoms with Gasteiger partial charge in [0.05, 0.1) is 30.2 Å². The Labute approximate surface area is 87.0 Å². The van der Waals surface area contributed by atoms with Gasteiger partial charge in [0, 0.05) is 9.83 Å². The van der Waals surface area contributed by atoms with Crippen molar-refractivity contribution in [2.45, 2.75) is 49.0 Å². The maximum absolute atomic E-state index is 11.6.